The summed E-state index contributed by atoms with van der Waals surface area (Å²) in [5.41, 5.74) is 0.207. The van der Waals surface area contributed by atoms with Crippen LogP contribution in [0.3, 0.4) is 0 Å². The smallest absolute Gasteiger partial charge is 0.328 e. The zero-order chi connectivity index (χ0) is 24.4. The summed E-state index contributed by atoms with van der Waals surface area (Å²) in [6.07, 6.45) is 1.24. The Morgan fingerprint density at radius 2 is 1.67 bits per heavy atom. The molecule has 0 bridgehead atoms. The maximum atomic E-state index is 13.2. The van der Waals surface area contributed by atoms with Crippen molar-refractivity contribution in [3.63, 3.8) is 0 Å². The molecule has 1 aromatic heterocycles. The molecule has 2 amide bonds. The highest BCUT2D eigenvalue weighted by atomic mass is 16.5. The first kappa shape index (κ1) is 25.9. The van der Waals surface area contributed by atoms with E-state index in [1.54, 1.807) is 24.3 Å². The van der Waals surface area contributed by atoms with Gasteiger partial charge in [-0.2, -0.15) is 9.97 Å². The van der Waals surface area contributed by atoms with Gasteiger partial charge in [0.05, 0.1) is 38.5 Å². The van der Waals surface area contributed by atoms with Gasteiger partial charge in [-0.25, -0.2) is 0 Å². The number of aromatic nitrogens is 2. The highest BCUT2D eigenvalue weighted by molar-refractivity contribution is 5.99. The van der Waals surface area contributed by atoms with E-state index < -0.39 is 11.9 Å². The first-order valence-electron chi connectivity index (χ1n) is 10.8. The highest BCUT2D eigenvalue weighted by Gasteiger charge is 2.28. The van der Waals surface area contributed by atoms with Crippen LogP contribution >= 0.6 is 0 Å². The monoisotopic (exact) mass is 460 g/mol. The quantitative estimate of drug-likeness (QED) is 0.440. The van der Waals surface area contributed by atoms with E-state index in [1.807, 2.05) is 20.8 Å². The van der Waals surface area contributed by atoms with Crippen LogP contribution in [0.15, 0.2) is 30.3 Å². The summed E-state index contributed by atoms with van der Waals surface area (Å²) in [5, 5.41) is 15.0. The van der Waals surface area contributed by atoms with Gasteiger partial charge in [-0.05, 0) is 24.5 Å². The van der Waals surface area contributed by atoms with Crippen LogP contribution in [0.25, 0.3) is 0 Å². The Hall–Kier alpha value is -3.40. The zero-order valence-corrected chi connectivity index (χ0v) is 19.6. The van der Waals surface area contributed by atoms with Gasteiger partial charge in [0, 0.05) is 0 Å². The summed E-state index contributed by atoms with van der Waals surface area (Å²) in [7, 11) is 2.90. The SMILES string of the molecule is CCC(C)[C@H](NC(=O)c1ccccc1Oc1nc(OC)cc(OC)n1)C(=O)N[C@@H](CC)CO. The fourth-order valence-electron chi connectivity index (χ4n) is 2.97. The third-order valence-corrected chi connectivity index (χ3v) is 5.25. The number of hydrogen-bond donors (Lipinski definition) is 3. The standard InChI is InChI=1S/C23H32N4O6/c1-6-14(3)20(22(30)24-15(7-2)13-28)27-21(29)16-10-8-9-11-17(16)33-23-25-18(31-4)12-19(26-23)32-5/h8-12,14-15,20,28H,6-7,13H2,1-5H3,(H,24,30)(H,27,29)/t14?,15-,20-/m0/s1. The Kier molecular flexibility index (Phi) is 9.86. The van der Waals surface area contributed by atoms with Crippen molar-refractivity contribution in [2.24, 2.45) is 5.92 Å². The number of carbonyl (C=O) groups excluding carboxylic acids is 2. The molecule has 180 valence electrons. The number of rotatable bonds is 12. The van der Waals surface area contributed by atoms with Crippen molar-refractivity contribution in [2.45, 2.75) is 45.7 Å². The molecule has 2 rings (SSSR count). The number of carbonyl (C=O) groups is 2. The highest BCUT2D eigenvalue weighted by Crippen LogP contribution is 2.26. The van der Waals surface area contributed by atoms with Crippen molar-refractivity contribution in [1.29, 1.82) is 0 Å². The molecule has 0 aliphatic rings. The number of nitrogens with one attached hydrogen (secondary N) is 2. The van der Waals surface area contributed by atoms with Gasteiger partial charge in [0.15, 0.2) is 0 Å². The Balaban J connectivity index is 2.28. The number of benzene rings is 1. The third-order valence-electron chi connectivity index (χ3n) is 5.25. The van der Waals surface area contributed by atoms with E-state index >= 15 is 0 Å². The lowest BCUT2D eigenvalue weighted by atomic mass is 9.97. The molecule has 33 heavy (non-hydrogen) atoms. The molecule has 0 fully saturated rings. The van der Waals surface area contributed by atoms with Gasteiger partial charge in [-0.1, -0.05) is 39.3 Å². The van der Waals surface area contributed by atoms with E-state index in [4.69, 9.17) is 14.2 Å². The molecule has 0 spiro atoms. The third kappa shape index (κ3) is 7.04. The number of nitrogens with zero attached hydrogens (tertiary/aromatic N) is 2. The average Bonchev–Trinajstić information content (AvgIpc) is 2.84. The van der Waals surface area contributed by atoms with E-state index in [0.29, 0.717) is 12.8 Å². The minimum Gasteiger partial charge on any atom is -0.481 e. The average molecular weight is 461 g/mol. The molecule has 0 saturated heterocycles. The number of aliphatic hydroxyl groups is 1. The molecular formula is C23H32N4O6. The number of para-hydroxylation sites is 1. The first-order chi connectivity index (χ1) is 15.9. The minimum atomic E-state index is -0.788. The van der Waals surface area contributed by atoms with Crippen molar-refractivity contribution in [2.75, 3.05) is 20.8 Å². The van der Waals surface area contributed by atoms with Crippen LogP contribution in [0.1, 0.15) is 44.0 Å². The number of amides is 2. The molecule has 3 atom stereocenters. The molecule has 10 heteroatoms. The molecule has 10 nitrogen and oxygen atoms in total. The van der Waals surface area contributed by atoms with Crippen LogP contribution in [-0.2, 0) is 4.79 Å². The second-order valence-electron chi connectivity index (χ2n) is 7.47. The molecule has 1 heterocycles. The molecule has 3 N–H and O–H groups in total. The topological polar surface area (TPSA) is 132 Å². The van der Waals surface area contributed by atoms with Crippen molar-refractivity contribution in [3.8, 4) is 23.5 Å². The predicted molar refractivity (Wildman–Crippen MR) is 122 cm³/mol. The summed E-state index contributed by atoms with van der Waals surface area (Å²) in [4.78, 5) is 34.2. The van der Waals surface area contributed by atoms with Crippen LogP contribution in [0, 0.1) is 5.92 Å². The van der Waals surface area contributed by atoms with Gasteiger partial charge >= 0.3 is 6.01 Å². The van der Waals surface area contributed by atoms with Crippen molar-refractivity contribution in [3.05, 3.63) is 35.9 Å². The number of methoxy groups -OCH3 is 2. The Bertz CT molecular complexity index is 913. The molecule has 0 aliphatic carbocycles. The van der Waals surface area contributed by atoms with Crippen LogP contribution in [-0.4, -0.2) is 59.8 Å². The van der Waals surface area contributed by atoms with Crippen LogP contribution in [0.2, 0.25) is 0 Å². The van der Waals surface area contributed by atoms with E-state index in [2.05, 4.69) is 20.6 Å². The molecule has 1 unspecified atom stereocenters. The molecule has 0 radical (unpaired) electrons. The molecule has 0 aliphatic heterocycles. The Morgan fingerprint density at radius 3 is 2.21 bits per heavy atom. The van der Waals surface area contributed by atoms with Gasteiger partial charge < -0.3 is 30.0 Å². The van der Waals surface area contributed by atoms with Crippen molar-refractivity contribution < 1.29 is 28.9 Å². The maximum Gasteiger partial charge on any atom is 0.328 e. The first-order valence-corrected chi connectivity index (χ1v) is 10.8. The number of ether oxygens (including phenoxy) is 3. The minimum absolute atomic E-state index is 0.0589. The summed E-state index contributed by atoms with van der Waals surface area (Å²) >= 11 is 0. The van der Waals surface area contributed by atoms with Gasteiger partial charge in [0.2, 0.25) is 17.7 Å². The summed E-state index contributed by atoms with van der Waals surface area (Å²) in [6, 6.07) is 6.84. The zero-order valence-electron chi connectivity index (χ0n) is 19.6. The summed E-state index contributed by atoms with van der Waals surface area (Å²) < 4.78 is 16.0. The van der Waals surface area contributed by atoms with Gasteiger partial charge in [0.1, 0.15) is 11.8 Å². The fourth-order valence-corrected chi connectivity index (χ4v) is 2.97. The molecule has 0 saturated carbocycles. The number of aliphatic hydroxyl groups excluding tert-OH is 1. The van der Waals surface area contributed by atoms with Crippen LogP contribution in [0.5, 0.6) is 23.5 Å². The maximum absolute atomic E-state index is 13.2. The largest absolute Gasteiger partial charge is 0.481 e. The second-order valence-corrected chi connectivity index (χ2v) is 7.47. The van der Waals surface area contributed by atoms with Crippen LogP contribution < -0.4 is 24.8 Å². The lowest BCUT2D eigenvalue weighted by molar-refractivity contribution is -0.125. The fraction of sp³-hybridized carbons (Fsp3) is 0.478. The number of hydrogen-bond acceptors (Lipinski definition) is 8. The van der Waals surface area contributed by atoms with Crippen LogP contribution in [0.4, 0.5) is 0 Å². The van der Waals surface area contributed by atoms with Gasteiger partial charge in [0.25, 0.3) is 5.91 Å². The lowest BCUT2D eigenvalue weighted by Gasteiger charge is -2.26. The van der Waals surface area contributed by atoms with Gasteiger partial charge in [-0.3, -0.25) is 9.59 Å². The van der Waals surface area contributed by atoms with Crippen molar-refractivity contribution in [1.82, 2.24) is 20.6 Å². The second kappa shape index (κ2) is 12.6. The normalized spacial score (nSPS) is 13.4. The lowest BCUT2D eigenvalue weighted by Crippen LogP contribution is -2.53. The van der Waals surface area contributed by atoms with Gasteiger partial charge in [-0.15, -0.1) is 0 Å². The van der Waals surface area contributed by atoms with E-state index in [9.17, 15) is 14.7 Å². The molecule has 1 aromatic carbocycles. The predicted octanol–water partition coefficient (Wildman–Crippen LogP) is 2.32. The van der Waals surface area contributed by atoms with Crippen molar-refractivity contribution >= 4 is 11.8 Å². The molecular weight excluding hydrogens is 428 g/mol. The van der Waals surface area contributed by atoms with E-state index in [-0.39, 0.29) is 53.6 Å². The molecule has 2 aromatic rings. The summed E-state index contributed by atoms with van der Waals surface area (Å²) in [5.74, 6) is -0.293. The Labute approximate surface area is 193 Å². The summed E-state index contributed by atoms with van der Waals surface area (Å²) in [6.45, 7) is 5.50. The Morgan fingerprint density at radius 1 is 1.03 bits per heavy atom. The van der Waals surface area contributed by atoms with E-state index in [0.717, 1.165) is 0 Å². The van der Waals surface area contributed by atoms with E-state index in [1.165, 1.54) is 20.3 Å².